The van der Waals surface area contributed by atoms with Gasteiger partial charge in [0.2, 0.25) is 0 Å². The van der Waals surface area contributed by atoms with Gasteiger partial charge in [-0.1, -0.05) is 29.8 Å². The van der Waals surface area contributed by atoms with Crippen LogP contribution in [0.1, 0.15) is 21.5 Å². The van der Waals surface area contributed by atoms with Crippen molar-refractivity contribution in [2.75, 3.05) is 10.6 Å². The number of nitrogens with one attached hydrogen (secondary N) is 2. The second kappa shape index (κ2) is 7.57. The van der Waals surface area contributed by atoms with E-state index in [0.717, 1.165) is 22.5 Å². The Kier molecular flexibility index (Phi) is 5.04. The molecule has 1 aromatic heterocycles. The number of rotatable bonds is 5. The first-order valence-electron chi connectivity index (χ1n) is 7.91. The normalized spacial score (nSPS) is 10.3. The van der Waals surface area contributed by atoms with Crippen molar-refractivity contribution < 1.29 is 9.18 Å². The predicted octanol–water partition coefficient (Wildman–Crippen LogP) is 4.39. The molecular formula is C20H18FN3O. The van der Waals surface area contributed by atoms with Crippen LogP contribution < -0.4 is 10.6 Å². The first kappa shape index (κ1) is 16.6. The highest BCUT2D eigenvalue weighted by Crippen LogP contribution is 2.14. The zero-order chi connectivity index (χ0) is 17.6. The van der Waals surface area contributed by atoms with Crippen molar-refractivity contribution >= 4 is 17.3 Å². The lowest BCUT2D eigenvalue weighted by Crippen LogP contribution is -2.12. The van der Waals surface area contributed by atoms with Crippen LogP contribution in [0.3, 0.4) is 0 Å². The molecule has 0 bridgehead atoms. The molecule has 2 aromatic carbocycles. The molecular weight excluding hydrogens is 317 g/mol. The maximum absolute atomic E-state index is 12.9. The Morgan fingerprint density at radius 2 is 1.72 bits per heavy atom. The molecule has 25 heavy (non-hydrogen) atoms. The maximum Gasteiger partial charge on any atom is 0.257 e. The Labute approximate surface area is 145 Å². The van der Waals surface area contributed by atoms with Crippen LogP contribution in [-0.4, -0.2) is 10.9 Å². The lowest BCUT2D eigenvalue weighted by molar-refractivity contribution is 0.102. The Bertz CT molecular complexity index is 861. The fourth-order valence-corrected chi connectivity index (χ4v) is 2.31. The van der Waals surface area contributed by atoms with Crippen LogP contribution >= 0.6 is 0 Å². The van der Waals surface area contributed by atoms with Crippen molar-refractivity contribution in [3.63, 3.8) is 0 Å². The van der Waals surface area contributed by atoms with E-state index in [1.165, 1.54) is 18.3 Å². The monoisotopic (exact) mass is 335 g/mol. The third-order valence-corrected chi connectivity index (χ3v) is 3.72. The number of nitrogens with zero attached hydrogens (tertiary/aromatic N) is 1. The van der Waals surface area contributed by atoms with Gasteiger partial charge in [-0.2, -0.15) is 0 Å². The molecule has 4 nitrogen and oxygen atoms in total. The molecule has 0 aliphatic carbocycles. The quantitative estimate of drug-likeness (QED) is 0.727. The number of halogens is 1. The fraction of sp³-hybridized carbons (Fsp3) is 0.100. The zero-order valence-corrected chi connectivity index (χ0v) is 13.8. The Morgan fingerprint density at radius 1 is 1.00 bits per heavy atom. The van der Waals surface area contributed by atoms with E-state index >= 15 is 0 Å². The number of aryl methyl sites for hydroxylation is 1. The summed E-state index contributed by atoms with van der Waals surface area (Å²) in [7, 11) is 0. The average molecular weight is 335 g/mol. The van der Waals surface area contributed by atoms with Gasteiger partial charge in [0.1, 0.15) is 5.82 Å². The molecule has 5 heteroatoms. The molecule has 0 aliphatic rings. The van der Waals surface area contributed by atoms with Crippen molar-refractivity contribution in [2.45, 2.75) is 13.5 Å². The van der Waals surface area contributed by atoms with E-state index in [1.807, 2.05) is 31.2 Å². The SMILES string of the molecule is Cc1ccc(NC(=O)c2cncc(NCc3ccc(F)cc3)c2)cc1. The summed E-state index contributed by atoms with van der Waals surface area (Å²) >= 11 is 0. The number of amides is 1. The fourth-order valence-electron chi connectivity index (χ4n) is 2.31. The van der Waals surface area contributed by atoms with E-state index < -0.39 is 0 Å². The predicted molar refractivity (Wildman–Crippen MR) is 97.1 cm³/mol. The minimum atomic E-state index is -0.264. The topological polar surface area (TPSA) is 54.0 Å². The van der Waals surface area contributed by atoms with Crippen LogP contribution in [0, 0.1) is 12.7 Å². The van der Waals surface area contributed by atoms with E-state index in [9.17, 15) is 9.18 Å². The second-order valence-electron chi connectivity index (χ2n) is 5.76. The Hall–Kier alpha value is -3.21. The first-order chi connectivity index (χ1) is 12.1. The molecule has 0 radical (unpaired) electrons. The summed E-state index contributed by atoms with van der Waals surface area (Å²) < 4.78 is 12.9. The van der Waals surface area contributed by atoms with Gasteiger partial charge < -0.3 is 10.6 Å². The summed E-state index contributed by atoms with van der Waals surface area (Å²) in [6, 6.07) is 15.6. The molecule has 0 aliphatic heterocycles. The van der Waals surface area contributed by atoms with Gasteiger partial charge in [-0.05, 0) is 42.8 Å². The molecule has 0 atom stereocenters. The summed E-state index contributed by atoms with van der Waals surface area (Å²) in [5, 5.41) is 6.03. The highest BCUT2D eigenvalue weighted by atomic mass is 19.1. The van der Waals surface area contributed by atoms with Crippen molar-refractivity contribution in [1.82, 2.24) is 4.98 Å². The lowest BCUT2D eigenvalue weighted by Gasteiger charge is -2.09. The third kappa shape index (κ3) is 4.64. The van der Waals surface area contributed by atoms with Gasteiger partial charge in [-0.25, -0.2) is 4.39 Å². The highest BCUT2D eigenvalue weighted by molar-refractivity contribution is 6.04. The zero-order valence-electron chi connectivity index (χ0n) is 13.8. The number of benzene rings is 2. The number of carbonyl (C=O) groups excluding carboxylic acids is 1. The highest BCUT2D eigenvalue weighted by Gasteiger charge is 2.07. The summed E-state index contributed by atoms with van der Waals surface area (Å²) in [6.07, 6.45) is 3.17. The van der Waals surface area contributed by atoms with Crippen LogP contribution in [0.2, 0.25) is 0 Å². The van der Waals surface area contributed by atoms with Crippen LogP contribution in [0.25, 0.3) is 0 Å². The maximum atomic E-state index is 12.9. The van der Waals surface area contributed by atoms with E-state index in [4.69, 9.17) is 0 Å². The van der Waals surface area contributed by atoms with E-state index in [2.05, 4.69) is 15.6 Å². The van der Waals surface area contributed by atoms with Crippen LogP contribution in [0.4, 0.5) is 15.8 Å². The van der Waals surface area contributed by atoms with Gasteiger partial charge >= 0.3 is 0 Å². The van der Waals surface area contributed by atoms with Crippen LogP contribution in [0.5, 0.6) is 0 Å². The minimum Gasteiger partial charge on any atom is -0.380 e. The molecule has 0 unspecified atom stereocenters. The molecule has 0 spiro atoms. The Morgan fingerprint density at radius 3 is 2.44 bits per heavy atom. The third-order valence-electron chi connectivity index (χ3n) is 3.72. The molecule has 0 saturated heterocycles. The van der Waals surface area contributed by atoms with E-state index in [-0.39, 0.29) is 11.7 Å². The largest absolute Gasteiger partial charge is 0.380 e. The first-order valence-corrected chi connectivity index (χ1v) is 7.91. The number of hydrogen-bond acceptors (Lipinski definition) is 3. The van der Waals surface area contributed by atoms with Crippen molar-refractivity contribution in [1.29, 1.82) is 0 Å². The molecule has 1 heterocycles. The number of anilines is 2. The summed E-state index contributed by atoms with van der Waals surface area (Å²) in [4.78, 5) is 16.4. The van der Waals surface area contributed by atoms with Gasteiger partial charge in [0.25, 0.3) is 5.91 Å². The van der Waals surface area contributed by atoms with Crippen molar-refractivity contribution in [3.05, 3.63) is 89.5 Å². The van der Waals surface area contributed by atoms with Crippen LogP contribution in [-0.2, 0) is 6.54 Å². The van der Waals surface area contributed by atoms with Crippen LogP contribution in [0.15, 0.2) is 67.0 Å². The van der Waals surface area contributed by atoms with Gasteiger partial charge in [-0.15, -0.1) is 0 Å². The minimum absolute atomic E-state index is 0.221. The smallest absolute Gasteiger partial charge is 0.257 e. The number of hydrogen-bond donors (Lipinski definition) is 2. The van der Waals surface area contributed by atoms with E-state index in [0.29, 0.717) is 12.1 Å². The molecule has 0 fully saturated rings. The molecule has 3 rings (SSSR count). The van der Waals surface area contributed by atoms with E-state index in [1.54, 1.807) is 24.4 Å². The molecule has 126 valence electrons. The van der Waals surface area contributed by atoms with Gasteiger partial charge in [-0.3, -0.25) is 9.78 Å². The number of pyridine rings is 1. The summed E-state index contributed by atoms with van der Waals surface area (Å²) in [6.45, 7) is 2.51. The standard InChI is InChI=1S/C20H18FN3O/c1-14-2-8-18(9-3-14)24-20(25)16-10-19(13-22-12-16)23-11-15-4-6-17(21)7-5-15/h2-10,12-13,23H,11H2,1H3,(H,24,25). The number of aromatic nitrogens is 1. The molecule has 1 amide bonds. The number of carbonyl (C=O) groups is 1. The molecule has 3 aromatic rings. The second-order valence-corrected chi connectivity index (χ2v) is 5.76. The Balaban J connectivity index is 1.64. The van der Waals surface area contributed by atoms with Crippen molar-refractivity contribution in [3.8, 4) is 0 Å². The van der Waals surface area contributed by atoms with Gasteiger partial charge in [0.05, 0.1) is 11.3 Å². The molecule has 0 saturated carbocycles. The average Bonchev–Trinajstić information content (AvgIpc) is 2.63. The molecule has 2 N–H and O–H groups in total. The lowest BCUT2D eigenvalue weighted by atomic mass is 10.2. The summed E-state index contributed by atoms with van der Waals surface area (Å²) in [5.74, 6) is -0.484. The van der Waals surface area contributed by atoms with Gasteiger partial charge in [0.15, 0.2) is 0 Å². The summed E-state index contributed by atoms with van der Waals surface area (Å²) in [5.41, 5.74) is 3.99. The van der Waals surface area contributed by atoms with Crippen molar-refractivity contribution in [2.24, 2.45) is 0 Å². The van der Waals surface area contributed by atoms with Gasteiger partial charge in [0, 0.05) is 24.6 Å².